The van der Waals surface area contributed by atoms with Crippen LogP contribution in [-0.2, 0) is 23.1 Å². The van der Waals surface area contributed by atoms with Crippen LogP contribution in [0.15, 0.2) is 67.3 Å². The van der Waals surface area contributed by atoms with Crippen molar-refractivity contribution in [3.63, 3.8) is 0 Å². The lowest BCUT2D eigenvalue weighted by Crippen LogP contribution is -2.15. The van der Waals surface area contributed by atoms with Crippen molar-refractivity contribution >= 4 is 28.0 Å². The molecule has 0 saturated carbocycles. The third kappa shape index (κ3) is 5.29. The van der Waals surface area contributed by atoms with E-state index in [1.165, 1.54) is 17.4 Å². The first-order chi connectivity index (χ1) is 17.7. The lowest BCUT2D eigenvalue weighted by atomic mass is 9.96. The maximum absolute atomic E-state index is 15.0. The molecule has 5 rings (SSSR count). The van der Waals surface area contributed by atoms with E-state index < -0.39 is 5.82 Å². The number of fused-ring (bicyclic) bond motifs is 1. The lowest BCUT2D eigenvalue weighted by molar-refractivity contribution is -0.115. The number of carbonyl (C=O) groups is 1. The second kappa shape index (κ2) is 9.86. The summed E-state index contributed by atoms with van der Waals surface area (Å²) >= 11 is 1.44. The molecule has 0 aliphatic rings. The summed E-state index contributed by atoms with van der Waals surface area (Å²) in [7, 11) is 0. The number of aromatic nitrogens is 4. The molecule has 0 fully saturated rings. The number of imidazole rings is 1. The highest BCUT2D eigenvalue weighted by Crippen LogP contribution is 2.30. The number of hydrogen-bond donors (Lipinski definition) is 1. The van der Waals surface area contributed by atoms with Gasteiger partial charge in [-0.1, -0.05) is 39.8 Å². The van der Waals surface area contributed by atoms with E-state index in [4.69, 9.17) is 0 Å². The Morgan fingerprint density at radius 1 is 1.00 bits per heavy atom. The number of amides is 1. The molecule has 1 N–H and O–H groups in total. The molecule has 4 heterocycles. The van der Waals surface area contributed by atoms with Gasteiger partial charge in [0.1, 0.15) is 11.5 Å². The minimum Gasteiger partial charge on any atom is -0.302 e. The number of thiazole rings is 1. The molecule has 0 spiro atoms. The number of pyridine rings is 2. The maximum atomic E-state index is 15.0. The SMILES string of the molecule is CCc1cc(-c2ccn3c(-c4ccc(CC(=O)Nc5ncc(C(C)(C)C)s5)c(F)c4)cnc3c2)ccn1. The number of aryl methyl sites for hydroxylation is 1. The van der Waals surface area contributed by atoms with Crippen LogP contribution in [0.4, 0.5) is 9.52 Å². The van der Waals surface area contributed by atoms with E-state index in [1.54, 1.807) is 18.5 Å². The van der Waals surface area contributed by atoms with Crippen molar-refractivity contribution < 1.29 is 9.18 Å². The highest BCUT2D eigenvalue weighted by atomic mass is 32.1. The predicted molar refractivity (Wildman–Crippen MR) is 146 cm³/mol. The van der Waals surface area contributed by atoms with Gasteiger partial charge in [-0.15, -0.1) is 11.3 Å². The quantitative estimate of drug-likeness (QED) is 0.274. The molecular weight excluding hydrogens is 485 g/mol. The molecule has 6 nitrogen and oxygen atoms in total. The molecule has 5 aromatic rings. The summed E-state index contributed by atoms with van der Waals surface area (Å²) in [6.07, 6.45) is 8.07. The van der Waals surface area contributed by atoms with Gasteiger partial charge in [-0.3, -0.25) is 14.2 Å². The first-order valence-corrected chi connectivity index (χ1v) is 13.0. The topological polar surface area (TPSA) is 72.2 Å². The fraction of sp³-hybridized carbons (Fsp3) is 0.241. The molecule has 0 radical (unpaired) electrons. The van der Waals surface area contributed by atoms with E-state index in [0.717, 1.165) is 39.5 Å². The minimum atomic E-state index is -0.433. The van der Waals surface area contributed by atoms with Gasteiger partial charge in [0.25, 0.3) is 0 Å². The van der Waals surface area contributed by atoms with Crippen LogP contribution in [0.5, 0.6) is 0 Å². The van der Waals surface area contributed by atoms with Crippen molar-refractivity contribution in [2.75, 3.05) is 5.32 Å². The van der Waals surface area contributed by atoms with Crippen LogP contribution in [0.3, 0.4) is 0 Å². The Labute approximate surface area is 219 Å². The second-order valence-electron chi connectivity index (χ2n) is 9.99. The molecule has 1 aromatic carbocycles. The summed E-state index contributed by atoms with van der Waals surface area (Å²) in [5.74, 6) is -0.733. The number of anilines is 1. The second-order valence-corrected chi connectivity index (χ2v) is 11.0. The van der Waals surface area contributed by atoms with Crippen LogP contribution in [0.2, 0.25) is 0 Å². The van der Waals surface area contributed by atoms with Crippen LogP contribution in [0.25, 0.3) is 28.0 Å². The van der Waals surface area contributed by atoms with Gasteiger partial charge in [-0.25, -0.2) is 14.4 Å². The summed E-state index contributed by atoms with van der Waals surface area (Å²) in [4.78, 5) is 26.8. The highest BCUT2D eigenvalue weighted by molar-refractivity contribution is 7.15. The van der Waals surface area contributed by atoms with Crippen molar-refractivity contribution in [3.8, 4) is 22.4 Å². The molecule has 0 unspecified atom stereocenters. The van der Waals surface area contributed by atoms with E-state index in [1.807, 2.05) is 41.1 Å². The number of rotatable bonds is 6. The van der Waals surface area contributed by atoms with E-state index in [2.05, 4.69) is 54.0 Å². The van der Waals surface area contributed by atoms with Gasteiger partial charge in [0.2, 0.25) is 5.91 Å². The van der Waals surface area contributed by atoms with E-state index >= 15 is 4.39 Å². The van der Waals surface area contributed by atoms with Crippen molar-refractivity contribution in [2.24, 2.45) is 0 Å². The normalized spacial score (nSPS) is 11.7. The smallest absolute Gasteiger partial charge is 0.230 e. The van der Waals surface area contributed by atoms with Crippen LogP contribution < -0.4 is 5.32 Å². The van der Waals surface area contributed by atoms with Crippen LogP contribution in [-0.4, -0.2) is 25.3 Å². The van der Waals surface area contributed by atoms with E-state index in [0.29, 0.717) is 16.3 Å². The third-order valence-electron chi connectivity index (χ3n) is 6.22. The molecule has 4 aromatic heterocycles. The molecule has 0 saturated heterocycles. The Morgan fingerprint density at radius 3 is 2.54 bits per heavy atom. The summed E-state index contributed by atoms with van der Waals surface area (Å²) in [5, 5.41) is 3.31. The maximum Gasteiger partial charge on any atom is 0.230 e. The number of benzene rings is 1. The summed E-state index contributed by atoms with van der Waals surface area (Å²) in [6, 6.07) is 13.0. The zero-order valence-electron chi connectivity index (χ0n) is 21.2. The first kappa shape index (κ1) is 24.8. The van der Waals surface area contributed by atoms with Gasteiger partial charge in [0.15, 0.2) is 5.13 Å². The number of nitrogens with one attached hydrogen (secondary N) is 1. The van der Waals surface area contributed by atoms with Gasteiger partial charge in [-0.2, -0.15) is 0 Å². The van der Waals surface area contributed by atoms with Gasteiger partial charge in [0, 0.05) is 34.7 Å². The standard InChI is InChI=1S/C29H28FN5OS/c1-5-22-12-18(8-10-31-22)19-9-11-35-24(16-32-26(35)14-19)21-7-6-20(23(30)13-21)15-27(36)34-28-33-17-25(37-28)29(2,3)4/h6-14,16-17H,5,15H2,1-4H3,(H,33,34,36). The predicted octanol–water partition coefficient (Wildman–Crippen LogP) is 6.70. The Kier molecular flexibility index (Phi) is 6.60. The molecule has 37 heavy (non-hydrogen) atoms. The van der Waals surface area contributed by atoms with E-state index in [9.17, 15) is 4.79 Å². The average Bonchev–Trinajstić information content (AvgIpc) is 3.52. The molecular formula is C29H28FN5OS. The van der Waals surface area contributed by atoms with Crippen molar-refractivity contribution in [1.82, 2.24) is 19.4 Å². The molecule has 0 aliphatic carbocycles. The zero-order chi connectivity index (χ0) is 26.2. The first-order valence-electron chi connectivity index (χ1n) is 12.2. The van der Waals surface area contributed by atoms with Crippen LogP contribution in [0.1, 0.15) is 43.8 Å². The largest absolute Gasteiger partial charge is 0.302 e. The van der Waals surface area contributed by atoms with Gasteiger partial charge in [0.05, 0.1) is 18.3 Å². The molecule has 0 bridgehead atoms. The monoisotopic (exact) mass is 513 g/mol. The van der Waals surface area contributed by atoms with Crippen molar-refractivity contribution in [3.05, 3.63) is 89.2 Å². The van der Waals surface area contributed by atoms with Crippen LogP contribution in [0, 0.1) is 5.82 Å². The van der Waals surface area contributed by atoms with Crippen molar-refractivity contribution in [1.29, 1.82) is 0 Å². The molecule has 1 amide bonds. The van der Waals surface area contributed by atoms with Gasteiger partial charge >= 0.3 is 0 Å². The number of carbonyl (C=O) groups excluding carboxylic acids is 1. The Bertz CT molecular complexity index is 1600. The van der Waals surface area contributed by atoms with Gasteiger partial charge in [-0.05, 0) is 58.9 Å². The summed E-state index contributed by atoms with van der Waals surface area (Å²) in [6.45, 7) is 8.36. The third-order valence-corrected chi connectivity index (χ3v) is 7.55. The number of hydrogen-bond acceptors (Lipinski definition) is 5. The Balaban J connectivity index is 1.33. The minimum absolute atomic E-state index is 0.0421. The van der Waals surface area contributed by atoms with Gasteiger partial charge < -0.3 is 5.32 Å². The van der Waals surface area contributed by atoms with Crippen LogP contribution >= 0.6 is 11.3 Å². The molecule has 0 atom stereocenters. The summed E-state index contributed by atoms with van der Waals surface area (Å²) in [5.41, 5.74) is 5.68. The molecule has 8 heteroatoms. The fourth-order valence-electron chi connectivity index (χ4n) is 4.09. The number of nitrogens with zero attached hydrogens (tertiary/aromatic N) is 4. The van der Waals surface area contributed by atoms with Crippen molar-refractivity contribution in [2.45, 2.75) is 46.0 Å². The highest BCUT2D eigenvalue weighted by Gasteiger charge is 2.19. The molecule has 188 valence electrons. The Morgan fingerprint density at radius 2 is 1.81 bits per heavy atom. The lowest BCUT2D eigenvalue weighted by Gasteiger charge is -2.14. The molecule has 0 aliphatic heterocycles. The average molecular weight is 514 g/mol. The summed E-state index contributed by atoms with van der Waals surface area (Å²) < 4.78 is 17.0. The zero-order valence-corrected chi connectivity index (χ0v) is 22.1. The number of halogens is 1. The Hall–Kier alpha value is -3.91. The fourth-order valence-corrected chi connectivity index (χ4v) is 4.98. The van der Waals surface area contributed by atoms with E-state index in [-0.39, 0.29) is 17.7 Å².